The average Bonchev–Trinajstić information content (AvgIpc) is 2.25. The Morgan fingerprint density at radius 2 is 2.31 bits per heavy atom. The molecule has 82 valence electrons. The molecular weight excluding hydrogens is 270 g/mol. The highest BCUT2D eigenvalue weighted by Crippen LogP contribution is 2.19. The molecule has 1 N–H and O–H groups in total. The minimum absolute atomic E-state index is 0.426. The van der Waals surface area contributed by atoms with Crippen LogP contribution in [0.2, 0.25) is 0 Å². The Kier molecular flexibility index (Phi) is 4.74. The number of carboxylic acid groups (broad SMARTS) is 1. The summed E-state index contributed by atoms with van der Waals surface area (Å²) in [5.41, 5.74) is 1.80. The normalized spacial score (nSPS) is 10.2. The van der Waals surface area contributed by atoms with Gasteiger partial charge in [0, 0.05) is 17.0 Å². The Balaban J connectivity index is 2.99. The van der Waals surface area contributed by atoms with Crippen LogP contribution in [0.5, 0.6) is 0 Å². The second-order valence-corrected chi connectivity index (χ2v) is 4.09. The molecule has 0 aliphatic rings. The van der Waals surface area contributed by atoms with Gasteiger partial charge in [-0.15, -0.1) is 0 Å². The molecule has 0 aliphatic heterocycles. The van der Waals surface area contributed by atoms with Crippen LogP contribution < -0.4 is 0 Å². The van der Waals surface area contributed by atoms with E-state index in [1.807, 2.05) is 18.2 Å². The number of hydrogen-bond acceptors (Lipinski definition) is 2. The number of aliphatic carboxylic acids is 1. The highest BCUT2D eigenvalue weighted by atomic mass is 79.9. The van der Waals surface area contributed by atoms with Crippen molar-refractivity contribution in [2.45, 2.75) is 12.8 Å². The van der Waals surface area contributed by atoms with Gasteiger partial charge in [0.25, 0.3) is 0 Å². The van der Waals surface area contributed by atoms with Gasteiger partial charge in [0.1, 0.15) is 0 Å². The minimum atomic E-state index is -0.980. The smallest absolute Gasteiger partial charge is 0.328 e. The lowest BCUT2D eigenvalue weighted by molar-refractivity contribution is -0.131. The summed E-state index contributed by atoms with van der Waals surface area (Å²) in [7, 11) is 0. The molecule has 0 unspecified atom stereocenters. The van der Waals surface area contributed by atoms with Gasteiger partial charge in [0.05, 0.1) is 6.07 Å². The highest BCUT2D eigenvalue weighted by molar-refractivity contribution is 9.10. The quantitative estimate of drug-likeness (QED) is 0.862. The summed E-state index contributed by atoms with van der Waals surface area (Å²) >= 11 is 3.33. The monoisotopic (exact) mass is 279 g/mol. The average molecular weight is 280 g/mol. The number of nitriles is 1. The van der Waals surface area contributed by atoms with E-state index in [2.05, 4.69) is 22.0 Å². The van der Waals surface area contributed by atoms with Gasteiger partial charge in [-0.3, -0.25) is 0 Å². The summed E-state index contributed by atoms with van der Waals surface area (Å²) in [5.74, 6) is -0.980. The molecule has 16 heavy (non-hydrogen) atoms. The fraction of sp³-hybridized carbons (Fsp3) is 0.167. The van der Waals surface area contributed by atoms with E-state index in [0.29, 0.717) is 12.8 Å². The van der Waals surface area contributed by atoms with Crippen LogP contribution in [0.15, 0.2) is 28.7 Å². The number of carbonyl (C=O) groups is 1. The molecule has 0 radical (unpaired) electrons. The third-order valence-corrected chi connectivity index (χ3v) is 2.51. The molecule has 0 atom stereocenters. The molecule has 1 aromatic carbocycles. The van der Waals surface area contributed by atoms with Crippen LogP contribution in [0.4, 0.5) is 0 Å². The Hall–Kier alpha value is -1.60. The Morgan fingerprint density at radius 3 is 2.94 bits per heavy atom. The molecule has 0 amide bonds. The number of hydrogen-bond donors (Lipinski definition) is 1. The highest BCUT2D eigenvalue weighted by Gasteiger charge is 2.01. The molecule has 1 aromatic rings. The van der Waals surface area contributed by atoms with Crippen molar-refractivity contribution in [3.05, 3.63) is 39.9 Å². The molecule has 3 nitrogen and oxygen atoms in total. The summed E-state index contributed by atoms with van der Waals surface area (Å²) in [6.07, 6.45) is 3.69. The summed E-state index contributed by atoms with van der Waals surface area (Å²) in [6, 6.07) is 7.68. The van der Waals surface area contributed by atoms with Crippen molar-refractivity contribution in [1.29, 1.82) is 5.26 Å². The number of rotatable bonds is 4. The molecular formula is C12H10BrNO2. The van der Waals surface area contributed by atoms with Gasteiger partial charge >= 0.3 is 5.97 Å². The zero-order valence-corrected chi connectivity index (χ0v) is 10.1. The van der Waals surface area contributed by atoms with Gasteiger partial charge in [-0.1, -0.05) is 22.0 Å². The Labute approximate surface area is 102 Å². The molecule has 0 aliphatic carbocycles. The van der Waals surface area contributed by atoms with E-state index in [1.165, 1.54) is 0 Å². The maximum Gasteiger partial charge on any atom is 0.328 e. The SMILES string of the molecule is N#CCCc1ccc(Br)cc1/C=C/C(=O)O. The topological polar surface area (TPSA) is 61.1 Å². The van der Waals surface area contributed by atoms with Gasteiger partial charge in [-0.25, -0.2) is 4.79 Å². The maximum absolute atomic E-state index is 10.4. The van der Waals surface area contributed by atoms with Crippen molar-refractivity contribution < 1.29 is 9.90 Å². The van der Waals surface area contributed by atoms with Crippen molar-refractivity contribution in [2.24, 2.45) is 0 Å². The van der Waals surface area contributed by atoms with E-state index in [1.54, 1.807) is 6.08 Å². The molecule has 0 spiro atoms. The molecule has 0 aromatic heterocycles. The van der Waals surface area contributed by atoms with Gasteiger partial charge in [0.2, 0.25) is 0 Å². The lowest BCUT2D eigenvalue weighted by atomic mass is 10.0. The fourth-order valence-electron chi connectivity index (χ4n) is 1.30. The molecule has 1 rings (SSSR count). The first-order valence-corrected chi connectivity index (χ1v) is 5.49. The third-order valence-electron chi connectivity index (χ3n) is 2.02. The van der Waals surface area contributed by atoms with Gasteiger partial charge in [0.15, 0.2) is 0 Å². The summed E-state index contributed by atoms with van der Waals surface area (Å²) in [4.78, 5) is 10.4. The third kappa shape index (κ3) is 3.87. The van der Waals surface area contributed by atoms with Crippen molar-refractivity contribution in [2.75, 3.05) is 0 Å². The van der Waals surface area contributed by atoms with E-state index >= 15 is 0 Å². The minimum Gasteiger partial charge on any atom is -0.478 e. The van der Waals surface area contributed by atoms with Crippen molar-refractivity contribution in [1.82, 2.24) is 0 Å². The predicted octanol–water partition coefficient (Wildman–Crippen LogP) is 3.00. The van der Waals surface area contributed by atoms with Crippen LogP contribution in [-0.4, -0.2) is 11.1 Å². The largest absolute Gasteiger partial charge is 0.478 e. The van der Waals surface area contributed by atoms with E-state index in [9.17, 15) is 4.79 Å². The van der Waals surface area contributed by atoms with Crippen LogP contribution in [0.25, 0.3) is 6.08 Å². The van der Waals surface area contributed by atoms with Crippen molar-refractivity contribution in [3.8, 4) is 6.07 Å². The molecule has 0 bridgehead atoms. The zero-order valence-electron chi connectivity index (χ0n) is 8.48. The maximum atomic E-state index is 10.4. The number of benzene rings is 1. The number of halogens is 1. The molecule has 0 saturated heterocycles. The van der Waals surface area contributed by atoms with Crippen LogP contribution >= 0.6 is 15.9 Å². The van der Waals surface area contributed by atoms with Crippen LogP contribution in [0.1, 0.15) is 17.5 Å². The molecule has 4 heteroatoms. The van der Waals surface area contributed by atoms with Gasteiger partial charge < -0.3 is 5.11 Å². The van der Waals surface area contributed by atoms with E-state index in [4.69, 9.17) is 10.4 Å². The lowest BCUT2D eigenvalue weighted by Gasteiger charge is -2.04. The number of aryl methyl sites for hydroxylation is 1. The van der Waals surface area contributed by atoms with Gasteiger partial charge in [-0.05, 0) is 35.8 Å². The Bertz CT molecular complexity index is 461. The number of carboxylic acids is 1. The first kappa shape index (κ1) is 12.5. The van der Waals surface area contributed by atoms with Crippen molar-refractivity contribution >= 4 is 28.0 Å². The predicted molar refractivity (Wildman–Crippen MR) is 64.7 cm³/mol. The van der Waals surface area contributed by atoms with Gasteiger partial charge in [-0.2, -0.15) is 5.26 Å². The lowest BCUT2D eigenvalue weighted by Crippen LogP contribution is -1.91. The van der Waals surface area contributed by atoms with E-state index in [-0.39, 0.29) is 0 Å². The second-order valence-electron chi connectivity index (χ2n) is 3.17. The molecule has 0 saturated carbocycles. The van der Waals surface area contributed by atoms with Crippen LogP contribution in [0, 0.1) is 11.3 Å². The van der Waals surface area contributed by atoms with Crippen molar-refractivity contribution in [3.63, 3.8) is 0 Å². The standard InChI is InChI=1S/C12H10BrNO2/c13-11-5-3-9(2-1-7-14)10(8-11)4-6-12(15)16/h3-6,8H,1-2H2,(H,15,16)/b6-4+. The van der Waals surface area contributed by atoms with E-state index < -0.39 is 5.97 Å². The summed E-state index contributed by atoms with van der Waals surface area (Å²) in [6.45, 7) is 0. The second kappa shape index (κ2) is 6.09. The summed E-state index contributed by atoms with van der Waals surface area (Å²) in [5, 5.41) is 17.1. The Morgan fingerprint density at radius 1 is 1.56 bits per heavy atom. The number of nitrogens with zero attached hydrogens (tertiary/aromatic N) is 1. The zero-order chi connectivity index (χ0) is 12.0. The van der Waals surface area contributed by atoms with Crippen LogP contribution in [-0.2, 0) is 11.2 Å². The van der Waals surface area contributed by atoms with Crippen LogP contribution in [0.3, 0.4) is 0 Å². The first-order valence-electron chi connectivity index (χ1n) is 4.70. The first-order chi connectivity index (χ1) is 7.63. The fourth-order valence-corrected chi connectivity index (χ4v) is 1.68. The van der Waals surface area contributed by atoms with E-state index in [0.717, 1.165) is 21.7 Å². The summed E-state index contributed by atoms with van der Waals surface area (Å²) < 4.78 is 0.887. The molecule has 0 fully saturated rings. The molecule has 0 heterocycles.